The van der Waals surface area contributed by atoms with Crippen LogP contribution in [-0.4, -0.2) is 15.9 Å². The average Bonchev–Trinajstić information content (AvgIpc) is 3.20. The highest BCUT2D eigenvalue weighted by atomic mass is 16.5. The Hall–Kier alpha value is -0.830. The highest BCUT2D eigenvalue weighted by Crippen LogP contribution is 2.66. The van der Waals surface area contributed by atoms with Crippen LogP contribution in [0.4, 0.5) is 0 Å². The Morgan fingerprint density at radius 3 is 2.64 bits per heavy atom. The molecular formula is C22H33NO2. The second-order valence-electron chi connectivity index (χ2n) is 10.3. The summed E-state index contributed by atoms with van der Waals surface area (Å²) in [4.78, 5) is 0. The smallest absolute Gasteiger partial charge is 0.140 e. The monoisotopic (exact) mass is 343 g/mol. The van der Waals surface area contributed by atoms with Crippen LogP contribution in [0.25, 0.3) is 0 Å². The van der Waals surface area contributed by atoms with Crippen LogP contribution in [0.3, 0.4) is 0 Å². The standard InChI is InChI=1S/C22H33NO2/c1-21(24)10-7-15-14(13-21)3-4-17-16(15)8-11-22(2)18(17)5-6-19(22)20-9-12-23-25-20/h9,12,14-19,24H,3-8,10-11,13H2,1-2H3/t14-,15+,16-,17-,18+,19-,21-,22+/m1/s1. The van der Waals surface area contributed by atoms with Crippen LogP contribution in [0.1, 0.15) is 83.3 Å². The van der Waals surface area contributed by atoms with Crippen molar-refractivity contribution in [2.45, 2.75) is 83.2 Å². The Kier molecular flexibility index (Phi) is 3.65. The molecule has 3 heteroatoms. The van der Waals surface area contributed by atoms with Crippen molar-refractivity contribution in [3.8, 4) is 0 Å². The van der Waals surface area contributed by atoms with Crippen molar-refractivity contribution in [2.24, 2.45) is 35.0 Å². The summed E-state index contributed by atoms with van der Waals surface area (Å²) in [5, 5.41) is 14.5. The van der Waals surface area contributed by atoms with Gasteiger partial charge in [-0.3, -0.25) is 0 Å². The van der Waals surface area contributed by atoms with Gasteiger partial charge in [-0.1, -0.05) is 12.1 Å². The minimum atomic E-state index is -0.401. The van der Waals surface area contributed by atoms with Crippen LogP contribution in [0.15, 0.2) is 16.8 Å². The number of hydrogen-bond donors (Lipinski definition) is 1. The Morgan fingerprint density at radius 1 is 1.00 bits per heavy atom. The molecule has 0 aromatic carbocycles. The molecule has 0 spiro atoms. The molecule has 0 radical (unpaired) electrons. The van der Waals surface area contributed by atoms with Gasteiger partial charge in [-0.25, -0.2) is 0 Å². The lowest BCUT2D eigenvalue weighted by atomic mass is 9.49. The molecule has 0 aliphatic heterocycles. The van der Waals surface area contributed by atoms with E-state index in [-0.39, 0.29) is 0 Å². The topological polar surface area (TPSA) is 46.3 Å². The third-order valence-electron chi connectivity index (χ3n) is 9.04. The minimum Gasteiger partial charge on any atom is -0.390 e. The number of fused-ring (bicyclic) bond motifs is 5. The van der Waals surface area contributed by atoms with Gasteiger partial charge in [0.15, 0.2) is 0 Å². The first-order chi connectivity index (χ1) is 12.0. The SMILES string of the molecule is C[C@@]1(O)CC[C@H]2[C@H](CC[C@@H]3[C@@H]2CC[C@]2(C)[C@@H](c4ccno4)CC[C@@H]32)C1. The summed E-state index contributed by atoms with van der Waals surface area (Å²) in [7, 11) is 0. The van der Waals surface area contributed by atoms with Gasteiger partial charge in [-0.05, 0) is 99.7 Å². The zero-order valence-electron chi connectivity index (χ0n) is 15.8. The Morgan fingerprint density at radius 2 is 1.84 bits per heavy atom. The molecule has 0 saturated heterocycles. The maximum atomic E-state index is 10.5. The molecule has 1 aromatic heterocycles. The van der Waals surface area contributed by atoms with Crippen molar-refractivity contribution in [1.82, 2.24) is 5.16 Å². The van der Waals surface area contributed by atoms with Crippen LogP contribution in [0.2, 0.25) is 0 Å². The fraction of sp³-hybridized carbons (Fsp3) is 0.864. The lowest BCUT2D eigenvalue weighted by molar-refractivity contribution is -0.0965. The lowest BCUT2D eigenvalue weighted by Gasteiger charge is -2.56. The molecule has 4 fully saturated rings. The van der Waals surface area contributed by atoms with E-state index >= 15 is 0 Å². The summed E-state index contributed by atoms with van der Waals surface area (Å²) in [6.45, 7) is 4.61. The zero-order valence-corrected chi connectivity index (χ0v) is 15.8. The molecule has 0 bridgehead atoms. The molecule has 138 valence electrons. The van der Waals surface area contributed by atoms with Gasteiger partial charge in [0.2, 0.25) is 0 Å². The van der Waals surface area contributed by atoms with E-state index in [2.05, 4.69) is 25.1 Å². The molecule has 4 aliphatic rings. The predicted molar refractivity (Wildman–Crippen MR) is 97.0 cm³/mol. The summed E-state index contributed by atoms with van der Waals surface area (Å²) in [6, 6.07) is 2.10. The first-order valence-electron chi connectivity index (χ1n) is 10.6. The van der Waals surface area contributed by atoms with Gasteiger partial charge in [-0.2, -0.15) is 0 Å². The quantitative estimate of drug-likeness (QED) is 0.766. The van der Waals surface area contributed by atoms with E-state index in [1.807, 2.05) is 6.20 Å². The number of aromatic nitrogens is 1. The summed E-state index contributed by atoms with van der Waals surface area (Å²) in [5.74, 6) is 6.06. The van der Waals surface area contributed by atoms with Crippen molar-refractivity contribution in [3.05, 3.63) is 18.0 Å². The van der Waals surface area contributed by atoms with Crippen molar-refractivity contribution >= 4 is 0 Å². The van der Waals surface area contributed by atoms with Crippen molar-refractivity contribution in [1.29, 1.82) is 0 Å². The fourth-order valence-corrected chi connectivity index (χ4v) is 7.95. The van der Waals surface area contributed by atoms with Gasteiger partial charge in [-0.15, -0.1) is 0 Å². The number of aliphatic hydroxyl groups is 1. The Bertz CT molecular complexity index is 624. The van der Waals surface area contributed by atoms with Gasteiger partial charge in [0.1, 0.15) is 5.76 Å². The van der Waals surface area contributed by atoms with Crippen molar-refractivity contribution < 1.29 is 9.63 Å². The van der Waals surface area contributed by atoms with Crippen molar-refractivity contribution in [3.63, 3.8) is 0 Å². The molecule has 4 saturated carbocycles. The molecule has 25 heavy (non-hydrogen) atoms. The second kappa shape index (κ2) is 5.58. The third-order valence-corrected chi connectivity index (χ3v) is 9.04. The first-order valence-corrected chi connectivity index (χ1v) is 10.6. The lowest BCUT2D eigenvalue weighted by Crippen LogP contribution is -2.50. The molecular weight excluding hydrogens is 310 g/mol. The molecule has 1 heterocycles. The van der Waals surface area contributed by atoms with Crippen LogP contribution >= 0.6 is 0 Å². The number of rotatable bonds is 1. The van der Waals surface area contributed by atoms with E-state index in [0.717, 1.165) is 48.2 Å². The molecule has 0 amide bonds. The number of nitrogens with zero attached hydrogens (tertiary/aromatic N) is 1. The van der Waals surface area contributed by atoms with Crippen LogP contribution in [-0.2, 0) is 0 Å². The van der Waals surface area contributed by atoms with E-state index in [9.17, 15) is 5.11 Å². The third kappa shape index (κ3) is 2.44. The Labute approximate surface area is 151 Å². The minimum absolute atomic E-state index is 0.401. The maximum Gasteiger partial charge on any atom is 0.140 e. The molecule has 1 aromatic rings. The van der Waals surface area contributed by atoms with Gasteiger partial charge >= 0.3 is 0 Å². The first kappa shape index (κ1) is 16.4. The van der Waals surface area contributed by atoms with E-state index in [1.54, 1.807) is 0 Å². The van der Waals surface area contributed by atoms with E-state index in [1.165, 1.54) is 44.9 Å². The molecule has 0 unspecified atom stereocenters. The normalized spacial score (nSPS) is 52.3. The van der Waals surface area contributed by atoms with Gasteiger partial charge in [0, 0.05) is 12.0 Å². The van der Waals surface area contributed by atoms with E-state index < -0.39 is 5.60 Å². The highest BCUT2D eigenvalue weighted by molar-refractivity contribution is 5.16. The average molecular weight is 344 g/mol. The van der Waals surface area contributed by atoms with E-state index in [4.69, 9.17) is 4.52 Å². The summed E-state index contributed by atoms with van der Waals surface area (Å²) in [5.41, 5.74) is 0.00955. The van der Waals surface area contributed by atoms with Crippen LogP contribution in [0.5, 0.6) is 0 Å². The summed E-state index contributed by atoms with van der Waals surface area (Å²) in [6.07, 6.45) is 13.3. The summed E-state index contributed by atoms with van der Waals surface area (Å²) >= 11 is 0. The maximum absolute atomic E-state index is 10.5. The largest absolute Gasteiger partial charge is 0.390 e. The Balaban J connectivity index is 1.39. The van der Waals surface area contributed by atoms with E-state index in [0.29, 0.717) is 11.3 Å². The van der Waals surface area contributed by atoms with Crippen LogP contribution in [0, 0.1) is 35.0 Å². The van der Waals surface area contributed by atoms with Crippen LogP contribution < -0.4 is 0 Å². The highest BCUT2D eigenvalue weighted by Gasteiger charge is 2.58. The number of hydrogen-bond acceptors (Lipinski definition) is 3. The predicted octanol–water partition coefficient (Wildman–Crippen LogP) is 5.16. The van der Waals surface area contributed by atoms with Gasteiger partial charge in [0.05, 0.1) is 11.8 Å². The summed E-state index contributed by atoms with van der Waals surface area (Å²) < 4.78 is 5.60. The van der Waals surface area contributed by atoms with Gasteiger partial charge in [0.25, 0.3) is 0 Å². The molecule has 5 rings (SSSR count). The van der Waals surface area contributed by atoms with Crippen molar-refractivity contribution in [2.75, 3.05) is 0 Å². The molecule has 3 nitrogen and oxygen atoms in total. The molecule has 8 atom stereocenters. The molecule has 4 aliphatic carbocycles. The fourth-order valence-electron chi connectivity index (χ4n) is 7.95. The zero-order chi connectivity index (χ0) is 17.2. The second-order valence-corrected chi connectivity index (χ2v) is 10.3. The van der Waals surface area contributed by atoms with Gasteiger partial charge < -0.3 is 9.63 Å². The molecule has 1 N–H and O–H groups in total.